The van der Waals surface area contributed by atoms with Gasteiger partial charge in [-0.15, -0.1) is 0 Å². The fourth-order valence-corrected chi connectivity index (χ4v) is 2.66. The van der Waals surface area contributed by atoms with E-state index in [0.717, 1.165) is 32.5 Å². The summed E-state index contributed by atoms with van der Waals surface area (Å²) >= 11 is 0. The number of piperidine rings is 1. The van der Waals surface area contributed by atoms with Crippen LogP contribution in [-0.4, -0.2) is 29.2 Å². The quantitative estimate of drug-likeness (QED) is 0.867. The summed E-state index contributed by atoms with van der Waals surface area (Å²) in [5.74, 6) is 0.503. The van der Waals surface area contributed by atoms with E-state index in [2.05, 4.69) is 36.1 Å². The summed E-state index contributed by atoms with van der Waals surface area (Å²) in [4.78, 5) is 2.49. The summed E-state index contributed by atoms with van der Waals surface area (Å²) in [5.41, 5.74) is 2.74. The Labute approximate surface area is 104 Å². The van der Waals surface area contributed by atoms with E-state index in [9.17, 15) is 5.11 Å². The zero-order chi connectivity index (χ0) is 12.3. The fraction of sp³-hybridized carbons (Fsp3) is 0.600. The van der Waals surface area contributed by atoms with Crippen molar-refractivity contribution >= 4 is 0 Å². The van der Waals surface area contributed by atoms with Gasteiger partial charge < -0.3 is 5.11 Å². The molecule has 2 heteroatoms. The lowest BCUT2D eigenvalue weighted by Crippen LogP contribution is -2.36. The van der Waals surface area contributed by atoms with Crippen LogP contribution in [0.2, 0.25) is 0 Å². The maximum Gasteiger partial charge on any atom is 0.0541 e. The molecule has 0 unspecified atom stereocenters. The minimum atomic E-state index is -0.142. The number of hydrogen-bond acceptors (Lipinski definition) is 2. The van der Waals surface area contributed by atoms with Crippen LogP contribution in [0.1, 0.15) is 30.9 Å². The third-order valence-electron chi connectivity index (χ3n) is 3.80. The van der Waals surface area contributed by atoms with Crippen molar-refractivity contribution < 1.29 is 5.11 Å². The lowest BCUT2D eigenvalue weighted by Gasteiger charge is -2.33. The lowest BCUT2D eigenvalue weighted by molar-refractivity contribution is 0.0695. The highest BCUT2D eigenvalue weighted by Gasteiger charge is 2.22. The Morgan fingerprint density at radius 3 is 2.65 bits per heavy atom. The van der Waals surface area contributed by atoms with E-state index >= 15 is 0 Å². The summed E-state index contributed by atoms with van der Waals surface area (Å²) < 4.78 is 0. The predicted molar refractivity (Wildman–Crippen MR) is 70.9 cm³/mol. The van der Waals surface area contributed by atoms with E-state index in [1.165, 1.54) is 11.1 Å². The van der Waals surface area contributed by atoms with E-state index in [0.29, 0.717) is 5.92 Å². The molecule has 0 aromatic heterocycles. The average molecular weight is 233 g/mol. The molecule has 0 bridgehead atoms. The molecule has 1 aromatic carbocycles. The zero-order valence-electron chi connectivity index (χ0n) is 10.9. The van der Waals surface area contributed by atoms with Crippen LogP contribution >= 0.6 is 0 Å². The normalized spacial score (nSPS) is 20.4. The Morgan fingerprint density at radius 2 is 2.06 bits per heavy atom. The Hall–Kier alpha value is -0.860. The molecule has 1 aliphatic heterocycles. The van der Waals surface area contributed by atoms with Crippen LogP contribution in [0.25, 0.3) is 0 Å². The Morgan fingerprint density at radius 1 is 1.35 bits per heavy atom. The number of nitrogens with zero attached hydrogens (tertiary/aromatic N) is 1. The second kappa shape index (κ2) is 5.65. The van der Waals surface area contributed by atoms with Crippen LogP contribution in [0.4, 0.5) is 0 Å². The van der Waals surface area contributed by atoms with Gasteiger partial charge in [-0.05, 0) is 51.3 Å². The first-order chi connectivity index (χ1) is 8.15. The summed E-state index contributed by atoms with van der Waals surface area (Å²) in [5, 5.41) is 9.57. The molecule has 1 atom stereocenters. The van der Waals surface area contributed by atoms with Crippen LogP contribution < -0.4 is 0 Å². The number of benzene rings is 1. The lowest BCUT2D eigenvalue weighted by atomic mass is 9.92. The van der Waals surface area contributed by atoms with Crippen molar-refractivity contribution in [3.8, 4) is 0 Å². The zero-order valence-corrected chi connectivity index (χ0v) is 10.9. The van der Waals surface area contributed by atoms with Crippen molar-refractivity contribution in [2.75, 3.05) is 13.1 Å². The van der Waals surface area contributed by atoms with Crippen molar-refractivity contribution in [1.82, 2.24) is 4.90 Å². The van der Waals surface area contributed by atoms with Crippen molar-refractivity contribution in [2.45, 2.75) is 39.3 Å². The number of aliphatic hydroxyl groups is 1. The van der Waals surface area contributed by atoms with Crippen molar-refractivity contribution in [3.05, 3.63) is 35.4 Å². The predicted octanol–water partition coefficient (Wildman–Crippen LogP) is 2.59. The number of likely N-dealkylation sites (tertiary alicyclic amines) is 1. The van der Waals surface area contributed by atoms with E-state index in [4.69, 9.17) is 0 Å². The van der Waals surface area contributed by atoms with Gasteiger partial charge in [0.15, 0.2) is 0 Å². The molecule has 0 amide bonds. The first-order valence-corrected chi connectivity index (χ1v) is 6.61. The van der Waals surface area contributed by atoms with Gasteiger partial charge >= 0.3 is 0 Å². The molecule has 1 aliphatic rings. The Bertz CT molecular complexity index is 354. The van der Waals surface area contributed by atoms with Crippen molar-refractivity contribution in [2.24, 2.45) is 5.92 Å². The maximum atomic E-state index is 9.57. The van der Waals surface area contributed by atoms with Crippen molar-refractivity contribution in [3.63, 3.8) is 0 Å². The molecule has 94 valence electrons. The number of aliphatic hydroxyl groups excluding tert-OH is 1. The minimum absolute atomic E-state index is 0.142. The molecule has 0 radical (unpaired) electrons. The van der Waals surface area contributed by atoms with E-state index in [1.807, 2.05) is 6.92 Å². The maximum absolute atomic E-state index is 9.57. The van der Waals surface area contributed by atoms with E-state index in [1.54, 1.807) is 0 Å². The first kappa shape index (κ1) is 12.6. The molecule has 1 heterocycles. The first-order valence-electron chi connectivity index (χ1n) is 6.61. The third kappa shape index (κ3) is 3.55. The van der Waals surface area contributed by atoms with Gasteiger partial charge in [-0.25, -0.2) is 0 Å². The second-order valence-corrected chi connectivity index (χ2v) is 5.34. The molecule has 1 N–H and O–H groups in total. The van der Waals surface area contributed by atoms with Gasteiger partial charge in [-0.2, -0.15) is 0 Å². The summed E-state index contributed by atoms with van der Waals surface area (Å²) in [6.45, 7) is 7.34. The van der Waals surface area contributed by atoms with Gasteiger partial charge in [0.1, 0.15) is 0 Å². The Balaban J connectivity index is 1.86. The van der Waals surface area contributed by atoms with Crippen LogP contribution in [0.15, 0.2) is 24.3 Å². The molecule has 2 nitrogen and oxygen atoms in total. The molecule has 1 fully saturated rings. The molecular formula is C15H23NO. The number of hydrogen-bond donors (Lipinski definition) is 1. The smallest absolute Gasteiger partial charge is 0.0541 e. The van der Waals surface area contributed by atoms with Crippen LogP contribution in [0, 0.1) is 12.8 Å². The topological polar surface area (TPSA) is 23.5 Å². The average Bonchev–Trinajstić information content (AvgIpc) is 2.29. The summed E-state index contributed by atoms with van der Waals surface area (Å²) in [6, 6.07) is 8.74. The van der Waals surface area contributed by atoms with Gasteiger partial charge in [-0.3, -0.25) is 4.90 Å². The molecule has 2 rings (SSSR count). The molecule has 1 aromatic rings. The third-order valence-corrected chi connectivity index (χ3v) is 3.80. The number of aryl methyl sites for hydroxylation is 1. The summed E-state index contributed by atoms with van der Waals surface area (Å²) in [6.07, 6.45) is 2.11. The largest absolute Gasteiger partial charge is 0.393 e. The van der Waals surface area contributed by atoms with Gasteiger partial charge in [0.05, 0.1) is 6.10 Å². The molecule has 0 saturated carbocycles. The SMILES string of the molecule is Cc1cccc(CN2CCC([C@H](C)O)CC2)c1. The molecule has 0 spiro atoms. The Kier molecular flexibility index (Phi) is 4.19. The van der Waals surface area contributed by atoms with Gasteiger partial charge in [0.25, 0.3) is 0 Å². The monoisotopic (exact) mass is 233 g/mol. The standard InChI is InChI=1S/C15H23NO/c1-12-4-3-5-14(10-12)11-16-8-6-15(7-9-16)13(2)17/h3-5,10,13,15,17H,6-9,11H2,1-2H3/t13-/m0/s1. The number of rotatable bonds is 3. The summed E-state index contributed by atoms with van der Waals surface area (Å²) in [7, 11) is 0. The van der Waals surface area contributed by atoms with Crippen molar-refractivity contribution in [1.29, 1.82) is 0 Å². The molecule has 0 aliphatic carbocycles. The molecule has 1 saturated heterocycles. The highest BCUT2D eigenvalue weighted by atomic mass is 16.3. The van der Waals surface area contributed by atoms with E-state index < -0.39 is 0 Å². The van der Waals surface area contributed by atoms with Gasteiger partial charge in [-0.1, -0.05) is 29.8 Å². The van der Waals surface area contributed by atoms with Gasteiger partial charge in [0.2, 0.25) is 0 Å². The van der Waals surface area contributed by atoms with Crippen LogP contribution in [0.3, 0.4) is 0 Å². The fourth-order valence-electron chi connectivity index (χ4n) is 2.66. The molecular weight excluding hydrogens is 210 g/mol. The van der Waals surface area contributed by atoms with E-state index in [-0.39, 0.29) is 6.10 Å². The minimum Gasteiger partial charge on any atom is -0.393 e. The van der Waals surface area contributed by atoms with Crippen LogP contribution in [-0.2, 0) is 6.54 Å². The van der Waals surface area contributed by atoms with Gasteiger partial charge in [0, 0.05) is 6.54 Å². The second-order valence-electron chi connectivity index (χ2n) is 5.34. The highest BCUT2D eigenvalue weighted by molar-refractivity contribution is 5.22. The van der Waals surface area contributed by atoms with Crippen LogP contribution in [0.5, 0.6) is 0 Å². The molecule has 17 heavy (non-hydrogen) atoms. The highest BCUT2D eigenvalue weighted by Crippen LogP contribution is 2.21.